The van der Waals surface area contributed by atoms with Crippen LogP contribution in [0.2, 0.25) is 0 Å². The van der Waals surface area contributed by atoms with E-state index in [0.717, 1.165) is 6.42 Å². The molecule has 2 rings (SSSR count). The van der Waals surface area contributed by atoms with Gasteiger partial charge in [-0.3, -0.25) is 0 Å². The first-order valence-electron chi connectivity index (χ1n) is 5.41. The minimum Gasteiger partial charge on any atom is -0.366 e. The Labute approximate surface area is 107 Å². The zero-order chi connectivity index (χ0) is 12.4. The van der Waals surface area contributed by atoms with E-state index in [2.05, 4.69) is 50.4 Å². The maximum Gasteiger partial charge on any atom is 0.364 e. The zero-order valence-electron chi connectivity index (χ0n) is 9.64. The highest BCUT2D eigenvalue weighted by molar-refractivity contribution is 9.09. The van der Waals surface area contributed by atoms with Crippen LogP contribution in [0.5, 0.6) is 0 Å². The summed E-state index contributed by atoms with van der Waals surface area (Å²) in [5, 5.41) is 13.6. The molecular formula is C10H14BrN5O. The number of halogens is 1. The highest BCUT2D eigenvalue weighted by Crippen LogP contribution is 2.11. The van der Waals surface area contributed by atoms with E-state index < -0.39 is 0 Å². The molecule has 2 N–H and O–H groups in total. The van der Waals surface area contributed by atoms with E-state index in [1.165, 1.54) is 4.52 Å². The van der Waals surface area contributed by atoms with Gasteiger partial charge in [-0.1, -0.05) is 22.9 Å². The summed E-state index contributed by atoms with van der Waals surface area (Å²) in [6.07, 6.45) is 0.972. The van der Waals surface area contributed by atoms with Crippen molar-refractivity contribution in [1.29, 1.82) is 0 Å². The Hall–Kier alpha value is -1.37. The van der Waals surface area contributed by atoms with Crippen molar-refractivity contribution in [3.8, 4) is 0 Å². The van der Waals surface area contributed by atoms with Gasteiger partial charge in [0, 0.05) is 10.9 Å². The van der Waals surface area contributed by atoms with Crippen molar-refractivity contribution < 1.29 is 0 Å². The van der Waals surface area contributed by atoms with E-state index in [1.807, 2.05) is 6.07 Å². The molecule has 17 heavy (non-hydrogen) atoms. The van der Waals surface area contributed by atoms with E-state index in [-0.39, 0.29) is 11.7 Å². The second kappa shape index (κ2) is 4.87. The third-order valence-electron chi connectivity index (χ3n) is 2.35. The Morgan fingerprint density at radius 3 is 3.00 bits per heavy atom. The summed E-state index contributed by atoms with van der Waals surface area (Å²) in [6, 6.07) is 3.83. The number of aromatic amines is 1. The lowest BCUT2D eigenvalue weighted by Gasteiger charge is -2.15. The predicted octanol–water partition coefficient (Wildman–Crippen LogP) is 1.39. The number of hydrogen-bond donors (Lipinski definition) is 2. The van der Waals surface area contributed by atoms with Gasteiger partial charge < -0.3 is 5.32 Å². The van der Waals surface area contributed by atoms with E-state index in [9.17, 15) is 4.79 Å². The number of alkyl halides is 1. The second-order valence-corrected chi connectivity index (χ2v) is 5.64. The Balaban J connectivity index is 2.19. The van der Waals surface area contributed by atoms with Crippen LogP contribution in [0.4, 0.5) is 5.82 Å². The molecule has 0 aliphatic rings. The van der Waals surface area contributed by atoms with Gasteiger partial charge in [0.1, 0.15) is 5.82 Å². The van der Waals surface area contributed by atoms with Crippen molar-refractivity contribution in [2.75, 3.05) is 5.32 Å². The number of H-pyrrole nitrogens is 1. The van der Waals surface area contributed by atoms with Crippen LogP contribution < -0.4 is 11.0 Å². The SMILES string of the molecule is CC(Br)CC(C)Nc1ccc2n[nH]c(=O)n2n1. The van der Waals surface area contributed by atoms with Crippen LogP contribution in [0.15, 0.2) is 16.9 Å². The topological polar surface area (TPSA) is 75.1 Å². The Kier molecular flexibility index (Phi) is 3.46. The Bertz CT molecular complexity index is 561. The van der Waals surface area contributed by atoms with Gasteiger partial charge in [0.05, 0.1) is 0 Å². The van der Waals surface area contributed by atoms with Gasteiger partial charge in [-0.05, 0) is 25.5 Å². The molecule has 0 aromatic carbocycles. The summed E-state index contributed by atoms with van der Waals surface area (Å²) < 4.78 is 1.24. The molecule has 2 aromatic heterocycles. The number of hydrogen-bond acceptors (Lipinski definition) is 4. The third kappa shape index (κ3) is 2.85. The molecule has 0 radical (unpaired) electrons. The molecule has 0 bridgehead atoms. The van der Waals surface area contributed by atoms with Gasteiger partial charge in [-0.2, -0.15) is 9.61 Å². The number of fused-ring (bicyclic) bond motifs is 1. The van der Waals surface area contributed by atoms with Gasteiger partial charge in [-0.25, -0.2) is 9.89 Å². The van der Waals surface area contributed by atoms with Gasteiger partial charge >= 0.3 is 5.69 Å². The predicted molar refractivity (Wildman–Crippen MR) is 69.7 cm³/mol. The normalized spacial score (nSPS) is 14.8. The van der Waals surface area contributed by atoms with Crippen molar-refractivity contribution in [3.63, 3.8) is 0 Å². The summed E-state index contributed by atoms with van der Waals surface area (Å²) >= 11 is 3.50. The summed E-state index contributed by atoms with van der Waals surface area (Å²) in [6.45, 7) is 4.16. The lowest BCUT2D eigenvalue weighted by atomic mass is 10.2. The van der Waals surface area contributed by atoms with Crippen LogP contribution >= 0.6 is 15.9 Å². The van der Waals surface area contributed by atoms with Gasteiger partial charge in [0.2, 0.25) is 0 Å². The molecule has 2 unspecified atom stereocenters. The number of anilines is 1. The summed E-state index contributed by atoms with van der Waals surface area (Å²) in [5.74, 6) is 0.668. The molecule has 6 nitrogen and oxygen atoms in total. The van der Waals surface area contributed by atoms with Gasteiger partial charge in [-0.15, -0.1) is 5.10 Å². The zero-order valence-corrected chi connectivity index (χ0v) is 11.2. The average Bonchev–Trinajstić information content (AvgIpc) is 2.59. The first kappa shape index (κ1) is 12.1. The molecule has 0 spiro atoms. The van der Waals surface area contributed by atoms with Crippen molar-refractivity contribution >= 4 is 27.4 Å². The molecule has 0 fully saturated rings. The number of nitrogens with one attached hydrogen (secondary N) is 2. The standard InChI is InChI=1S/C10H14BrN5O/c1-6(11)5-7(2)12-8-3-4-9-13-14-10(17)16(9)15-8/h3-4,6-7H,5H2,1-2H3,(H,12,15)(H,14,17). The van der Waals surface area contributed by atoms with E-state index in [4.69, 9.17) is 0 Å². The molecule has 2 aromatic rings. The fourth-order valence-electron chi connectivity index (χ4n) is 1.68. The molecule has 2 atom stereocenters. The summed E-state index contributed by atoms with van der Waals surface area (Å²) in [4.78, 5) is 11.8. The molecule has 7 heteroatoms. The van der Waals surface area contributed by atoms with Gasteiger partial charge in [0.25, 0.3) is 0 Å². The molecule has 0 saturated carbocycles. The highest BCUT2D eigenvalue weighted by Gasteiger charge is 2.08. The lowest BCUT2D eigenvalue weighted by Crippen LogP contribution is -2.21. The Morgan fingerprint density at radius 1 is 1.53 bits per heavy atom. The van der Waals surface area contributed by atoms with E-state index in [0.29, 0.717) is 16.3 Å². The first-order valence-corrected chi connectivity index (χ1v) is 6.33. The Morgan fingerprint density at radius 2 is 2.29 bits per heavy atom. The van der Waals surface area contributed by atoms with E-state index in [1.54, 1.807) is 6.07 Å². The molecule has 92 valence electrons. The van der Waals surface area contributed by atoms with Crippen LogP contribution in [0.25, 0.3) is 5.65 Å². The molecule has 2 heterocycles. The third-order valence-corrected chi connectivity index (χ3v) is 2.72. The molecule has 0 saturated heterocycles. The molecule has 0 aliphatic carbocycles. The van der Waals surface area contributed by atoms with Crippen molar-refractivity contribution in [2.45, 2.75) is 31.1 Å². The van der Waals surface area contributed by atoms with Crippen molar-refractivity contribution in [2.24, 2.45) is 0 Å². The van der Waals surface area contributed by atoms with Crippen LogP contribution in [-0.4, -0.2) is 30.7 Å². The monoisotopic (exact) mass is 299 g/mol. The summed E-state index contributed by atoms with van der Waals surface area (Å²) in [7, 11) is 0. The molecule has 0 amide bonds. The van der Waals surface area contributed by atoms with Crippen LogP contribution in [0.3, 0.4) is 0 Å². The van der Waals surface area contributed by atoms with E-state index >= 15 is 0 Å². The average molecular weight is 300 g/mol. The maximum absolute atomic E-state index is 11.3. The van der Waals surface area contributed by atoms with Crippen LogP contribution in [-0.2, 0) is 0 Å². The largest absolute Gasteiger partial charge is 0.366 e. The minimum absolute atomic E-state index is 0.275. The molecule has 0 aliphatic heterocycles. The fraction of sp³-hybridized carbons (Fsp3) is 0.500. The van der Waals surface area contributed by atoms with Crippen LogP contribution in [0.1, 0.15) is 20.3 Å². The highest BCUT2D eigenvalue weighted by atomic mass is 79.9. The minimum atomic E-state index is -0.329. The number of rotatable bonds is 4. The quantitative estimate of drug-likeness (QED) is 0.837. The molecular weight excluding hydrogens is 286 g/mol. The van der Waals surface area contributed by atoms with Crippen molar-refractivity contribution in [1.82, 2.24) is 19.8 Å². The first-order chi connectivity index (χ1) is 8.06. The summed E-state index contributed by atoms with van der Waals surface area (Å²) in [5.41, 5.74) is 0.187. The maximum atomic E-state index is 11.3. The van der Waals surface area contributed by atoms with Crippen molar-refractivity contribution in [3.05, 3.63) is 22.6 Å². The van der Waals surface area contributed by atoms with Gasteiger partial charge in [0.15, 0.2) is 5.65 Å². The fourth-order valence-corrected chi connectivity index (χ4v) is 2.24. The second-order valence-electron chi connectivity index (χ2n) is 4.08. The number of nitrogens with zero attached hydrogens (tertiary/aromatic N) is 3. The smallest absolute Gasteiger partial charge is 0.364 e. The number of aromatic nitrogens is 4. The van der Waals surface area contributed by atoms with Crippen LogP contribution in [0, 0.1) is 0 Å². The lowest BCUT2D eigenvalue weighted by molar-refractivity contribution is 0.700.